The Morgan fingerprint density at radius 1 is 1.12 bits per heavy atom. The standard InChI is InChI=1S/C20H33N3OSi/c1-20(2,3)25(4,5)24-15-17-13-10-14-23-18(21-22-19(17)23)16-11-8-6-7-9-12-16/h10,13-14,16H,6-9,11-12,15H2,1-5H3. The van der Waals surface area contributed by atoms with Crippen LogP contribution in [0.15, 0.2) is 18.3 Å². The van der Waals surface area contributed by atoms with Gasteiger partial charge in [0.05, 0.1) is 6.61 Å². The number of rotatable bonds is 4. The lowest BCUT2D eigenvalue weighted by Crippen LogP contribution is -2.40. The largest absolute Gasteiger partial charge is 0.412 e. The van der Waals surface area contributed by atoms with Crippen molar-refractivity contribution in [2.75, 3.05) is 0 Å². The second-order valence-electron chi connectivity index (χ2n) is 9.02. The molecule has 0 aliphatic heterocycles. The topological polar surface area (TPSA) is 39.4 Å². The maximum Gasteiger partial charge on any atom is 0.192 e. The van der Waals surface area contributed by atoms with E-state index in [0.717, 1.165) is 17.0 Å². The van der Waals surface area contributed by atoms with E-state index in [9.17, 15) is 0 Å². The van der Waals surface area contributed by atoms with Gasteiger partial charge in [-0.25, -0.2) is 0 Å². The van der Waals surface area contributed by atoms with Gasteiger partial charge in [0, 0.05) is 17.7 Å². The van der Waals surface area contributed by atoms with Gasteiger partial charge in [0.25, 0.3) is 0 Å². The van der Waals surface area contributed by atoms with Gasteiger partial charge in [-0.1, -0.05) is 52.5 Å². The van der Waals surface area contributed by atoms with Gasteiger partial charge < -0.3 is 4.43 Å². The van der Waals surface area contributed by atoms with Gasteiger partial charge in [-0.2, -0.15) is 0 Å². The van der Waals surface area contributed by atoms with Crippen molar-refractivity contribution >= 4 is 14.0 Å². The average molecular weight is 360 g/mol. The molecule has 0 atom stereocenters. The third-order valence-electron chi connectivity index (χ3n) is 6.16. The summed E-state index contributed by atoms with van der Waals surface area (Å²) in [5.74, 6) is 1.69. The van der Waals surface area contributed by atoms with Gasteiger partial charge >= 0.3 is 0 Å². The molecule has 1 aliphatic carbocycles. The van der Waals surface area contributed by atoms with E-state index in [1.54, 1.807) is 0 Å². The number of hydrogen-bond acceptors (Lipinski definition) is 3. The SMILES string of the molecule is CC(C)(C)[Si](C)(C)OCc1cccn2c(C3CCCCCC3)nnc12. The molecule has 25 heavy (non-hydrogen) atoms. The van der Waals surface area contributed by atoms with Crippen LogP contribution in [0.5, 0.6) is 0 Å². The Balaban J connectivity index is 1.84. The summed E-state index contributed by atoms with van der Waals surface area (Å²) in [4.78, 5) is 0. The van der Waals surface area contributed by atoms with Crippen LogP contribution < -0.4 is 0 Å². The average Bonchev–Trinajstić information content (AvgIpc) is 2.79. The maximum absolute atomic E-state index is 6.42. The minimum absolute atomic E-state index is 0.219. The van der Waals surface area contributed by atoms with Gasteiger partial charge in [-0.15, -0.1) is 10.2 Å². The van der Waals surface area contributed by atoms with Crippen LogP contribution in [0.2, 0.25) is 18.1 Å². The summed E-state index contributed by atoms with van der Waals surface area (Å²) in [6, 6.07) is 4.24. The predicted molar refractivity (Wildman–Crippen MR) is 105 cm³/mol. The minimum atomic E-state index is -1.76. The van der Waals surface area contributed by atoms with E-state index in [0.29, 0.717) is 12.5 Å². The molecule has 0 bridgehead atoms. The van der Waals surface area contributed by atoms with Crippen LogP contribution >= 0.6 is 0 Å². The van der Waals surface area contributed by atoms with Gasteiger partial charge in [0.1, 0.15) is 5.82 Å². The summed E-state index contributed by atoms with van der Waals surface area (Å²) in [7, 11) is -1.76. The minimum Gasteiger partial charge on any atom is -0.412 e. The van der Waals surface area contributed by atoms with Crippen LogP contribution in [0.4, 0.5) is 0 Å². The fourth-order valence-electron chi connectivity index (χ4n) is 3.39. The van der Waals surface area contributed by atoms with Gasteiger partial charge in [-0.3, -0.25) is 4.40 Å². The molecule has 2 heterocycles. The second-order valence-corrected chi connectivity index (χ2v) is 13.8. The first-order valence-electron chi connectivity index (χ1n) is 9.76. The zero-order chi connectivity index (χ0) is 18.1. The molecule has 2 aromatic rings. The quantitative estimate of drug-likeness (QED) is 0.520. The first kappa shape index (κ1) is 18.6. The summed E-state index contributed by atoms with van der Waals surface area (Å²) < 4.78 is 8.63. The molecule has 0 spiro atoms. The van der Waals surface area contributed by atoms with Crippen molar-refractivity contribution in [3.8, 4) is 0 Å². The van der Waals surface area contributed by atoms with Crippen LogP contribution in [-0.4, -0.2) is 22.9 Å². The van der Waals surface area contributed by atoms with Crippen LogP contribution in [0.1, 0.15) is 76.6 Å². The van der Waals surface area contributed by atoms with E-state index < -0.39 is 8.32 Å². The van der Waals surface area contributed by atoms with Crippen LogP contribution in [0, 0.1) is 0 Å². The number of aromatic nitrogens is 3. The molecule has 0 radical (unpaired) electrons. The number of hydrogen-bond donors (Lipinski definition) is 0. The third kappa shape index (κ3) is 3.98. The number of fused-ring (bicyclic) bond motifs is 1. The molecule has 1 saturated carbocycles. The summed E-state index contributed by atoms with van der Waals surface area (Å²) >= 11 is 0. The number of nitrogens with zero attached hydrogens (tertiary/aromatic N) is 3. The van der Waals surface area contributed by atoms with Gasteiger partial charge in [-0.05, 0) is 37.0 Å². The lowest BCUT2D eigenvalue weighted by atomic mass is 9.99. The molecule has 1 fully saturated rings. The Morgan fingerprint density at radius 3 is 2.44 bits per heavy atom. The molecule has 2 aromatic heterocycles. The Bertz CT molecular complexity index is 709. The van der Waals surface area contributed by atoms with E-state index >= 15 is 0 Å². The highest BCUT2D eigenvalue weighted by molar-refractivity contribution is 6.74. The van der Waals surface area contributed by atoms with Crippen LogP contribution in [0.3, 0.4) is 0 Å². The second kappa shape index (κ2) is 7.20. The Hall–Kier alpha value is -1.20. The summed E-state index contributed by atoms with van der Waals surface area (Å²) in [5, 5.41) is 9.34. The highest BCUT2D eigenvalue weighted by Crippen LogP contribution is 2.37. The fraction of sp³-hybridized carbons (Fsp3) is 0.700. The highest BCUT2D eigenvalue weighted by Gasteiger charge is 2.37. The van der Waals surface area contributed by atoms with Crippen molar-refractivity contribution in [3.63, 3.8) is 0 Å². The molecule has 0 amide bonds. The molecule has 0 saturated heterocycles. The normalized spacial score (nSPS) is 17.8. The molecule has 4 nitrogen and oxygen atoms in total. The fourth-order valence-corrected chi connectivity index (χ4v) is 4.34. The first-order chi connectivity index (χ1) is 11.8. The van der Waals surface area contributed by atoms with E-state index in [2.05, 4.69) is 66.8 Å². The van der Waals surface area contributed by atoms with Crippen molar-refractivity contribution in [2.24, 2.45) is 0 Å². The molecule has 3 rings (SSSR count). The van der Waals surface area contributed by atoms with Gasteiger partial charge in [0.2, 0.25) is 0 Å². The van der Waals surface area contributed by atoms with Crippen LogP contribution in [-0.2, 0) is 11.0 Å². The molecule has 5 heteroatoms. The molecule has 138 valence electrons. The third-order valence-corrected chi connectivity index (χ3v) is 10.6. The summed E-state index contributed by atoms with van der Waals surface area (Å²) in [6.45, 7) is 12.1. The van der Waals surface area contributed by atoms with E-state index in [4.69, 9.17) is 4.43 Å². The monoisotopic (exact) mass is 359 g/mol. The lowest BCUT2D eigenvalue weighted by Gasteiger charge is -2.36. The van der Waals surface area contributed by atoms with Crippen LogP contribution in [0.25, 0.3) is 5.65 Å². The van der Waals surface area contributed by atoms with Crippen molar-refractivity contribution in [1.29, 1.82) is 0 Å². The smallest absolute Gasteiger partial charge is 0.192 e. The zero-order valence-corrected chi connectivity index (χ0v) is 17.5. The first-order valence-corrected chi connectivity index (χ1v) is 12.7. The molecule has 0 unspecified atom stereocenters. The van der Waals surface area contributed by atoms with E-state index in [1.807, 2.05) is 0 Å². The molecule has 1 aliphatic rings. The van der Waals surface area contributed by atoms with E-state index in [1.165, 1.54) is 38.5 Å². The summed E-state index contributed by atoms with van der Waals surface area (Å²) in [5.41, 5.74) is 2.13. The van der Waals surface area contributed by atoms with Crippen molar-refractivity contribution in [1.82, 2.24) is 14.6 Å². The highest BCUT2D eigenvalue weighted by atomic mass is 28.4. The molecule has 0 N–H and O–H groups in total. The molecule has 0 aromatic carbocycles. The lowest BCUT2D eigenvalue weighted by molar-refractivity contribution is 0.277. The zero-order valence-electron chi connectivity index (χ0n) is 16.5. The molecular formula is C20H33N3OSi. The van der Waals surface area contributed by atoms with Crippen molar-refractivity contribution < 1.29 is 4.43 Å². The molecular weight excluding hydrogens is 326 g/mol. The summed E-state index contributed by atoms with van der Waals surface area (Å²) in [6.07, 6.45) is 9.95. The van der Waals surface area contributed by atoms with Crippen molar-refractivity contribution in [2.45, 2.75) is 90.0 Å². The number of pyridine rings is 1. The van der Waals surface area contributed by atoms with Gasteiger partial charge in [0.15, 0.2) is 14.0 Å². The predicted octanol–water partition coefficient (Wildman–Crippen LogP) is 5.69. The Morgan fingerprint density at radius 2 is 1.80 bits per heavy atom. The van der Waals surface area contributed by atoms with Crippen molar-refractivity contribution in [3.05, 3.63) is 29.7 Å². The Kier molecular flexibility index (Phi) is 5.35. The van der Waals surface area contributed by atoms with E-state index in [-0.39, 0.29) is 5.04 Å². The maximum atomic E-state index is 6.42. The Labute approximate surface area is 153 Å².